The van der Waals surface area contributed by atoms with Crippen molar-refractivity contribution in [3.05, 3.63) is 58.4 Å². The van der Waals surface area contributed by atoms with Crippen LogP contribution in [0.4, 0.5) is 13.2 Å². The molecule has 1 nitrogen and oxygen atoms in total. The molecule has 5 heteroatoms. The quantitative estimate of drug-likeness (QED) is 0.881. The van der Waals surface area contributed by atoms with E-state index in [4.69, 9.17) is 17.3 Å². The fraction of sp³-hybridized carbons (Fsp3) is 0.0769. The van der Waals surface area contributed by atoms with Crippen molar-refractivity contribution in [1.82, 2.24) is 0 Å². The Kier molecular flexibility index (Phi) is 3.59. The summed E-state index contributed by atoms with van der Waals surface area (Å²) in [7, 11) is 0. The number of rotatable bonds is 2. The van der Waals surface area contributed by atoms with Crippen molar-refractivity contribution in [3.8, 4) is 11.1 Å². The smallest absolute Gasteiger partial charge is 0.136 e. The van der Waals surface area contributed by atoms with Gasteiger partial charge in [0.05, 0.1) is 5.56 Å². The van der Waals surface area contributed by atoms with Gasteiger partial charge in [-0.25, -0.2) is 13.2 Å². The monoisotopic (exact) mass is 271 g/mol. The van der Waals surface area contributed by atoms with E-state index in [1.807, 2.05) is 0 Å². The molecule has 2 aromatic carbocycles. The van der Waals surface area contributed by atoms with E-state index in [1.54, 1.807) is 6.07 Å². The lowest BCUT2D eigenvalue weighted by atomic mass is 10.0. The third kappa shape index (κ3) is 2.35. The molecule has 18 heavy (non-hydrogen) atoms. The van der Waals surface area contributed by atoms with Crippen molar-refractivity contribution in [2.45, 2.75) is 6.54 Å². The lowest BCUT2D eigenvalue weighted by Crippen LogP contribution is -1.98. The summed E-state index contributed by atoms with van der Waals surface area (Å²) in [5, 5.41) is 0.318. The van der Waals surface area contributed by atoms with E-state index >= 15 is 0 Å². The lowest BCUT2D eigenvalue weighted by molar-refractivity contribution is 0.548. The standard InChI is InChI=1S/C13H9ClF3N/c14-10-3-7(1-2-8(10)6-18)13-11(16)4-9(15)5-12(13)17/h1-5H,6,18H2. The minimum atomic E-state index is -0.968. The first-order valence-electron chi connectivity index (χ1n) is 5.16. The Morgan fingerprint density at radius 2 is 1.61 bits per heavy atom. The minimum Gasteiger partial charge on any atom is -0.326 e. The number of benzene rings is 2. The van der Waals surface area contributed by atoms with Gasteiger partial charge in [-0.1, -0.05) is 23.7 Å². The summed E-state index contributed by atoms with van der Waals surface area (Å²) in [4.78, 5) is 0. The van der Waals surface area contributed by atoms with Crippen LogP contribution >= 0.6 is 11.6 Å². The van der Waals surface area contributed by atoms with Crippen LogP contribution in [0.15, 0.2) is 30.3 Å². The van der Waals surface area contributed by atoms with Crippen LogP contribution in [0.5, 0.6) is 0 Å². The van der Waals surface area contributed by atoms with Crippen LogP contribution in [0.3, 0.4) is 0 Å². The van der Waals surface area contributed by atoms with E-state index in [1.165, 1.54) is 12.1 Å². The summed E-state index contributed by atoms with van der Waals surface area (Å²) in [5.74, 6) is -2.90. The zero-order valence-corrected chi connectivity index (χ0v) is 9.94. The van der Waals surface area contributed by atoms with Crippen LogP contribution in [0.2, 0.25) is 5.02 Å². The van der Waals surface area contributed by atoms with Gasteiger partial charge in [-0.3, -0.25) is 0 Å². The zero-order valence-electron chi connectivity index (χ0n) is 9.18. The average Bonchev–Trinajstić information content (AvgIpc) is 2.27. The first-order valence-corrected chi connectivity index (χ1v) is 5.54. The molecule has 2 rings (SSSR count). The summed E-state index contributed by atoms with van der Waals surface area (Å²) < 4.78 is 39.9. The third-order valence-corrected chi connectivity index (χ3v) is 2.92. The van der Waals surface area contributed by atoms with Gasteiger partial charge in [0.15, 0.2) is 0 Å². The molecule has 0 spiro atoms. The van der Waals surface area contributed by atoms with Gasteiger partial charge in [0.2, 0.25) is 0 Å². The molecule has 0 aliphatic rings. The summed E-state index contributed by atoms with van der Waals surface area (Å²) in [6.07, 6.45) is 0. The maximum absolute atomic E-state index is 13.6. The van der Waals surface area contributed by atoms with Gasteiger partial charge >= 0.3 is 0 Å². The molecule has 0 radical (unpaired) electrons. The second-order valence-corrected chi connectivity index (χ2v) is 4.16. The summed E-state index contributed by atoms with van der Waals surface area (Å²) in [5.41, 5.74) is 6.05. The zero-order chi connectivity index (χ0) is 13.3. The third-order valence-electron chi connectivity index (χ3n) is 2.57. The van der Waals surface area contributed by atoms with Crippen molar-refractivity contribution in [2.24, 2.45) is 5.73 Å². The second-order valence-electron chi connectivity index (χ2n) is 3.75. The van der Waals surface area contributed by atoms with Crippen molar-refractivity contribution >= 4 is 11.6 Å². The SMILES string of the molecule is NCc1ccc(-c2c(F)cc(F)cc2F)cc1Cl. The van der Waals surface area contributed by atoms with Gasteiger partial charge < -0.3 is 5.73 Å². The molecule has 0 heterocycles. The van der Waals surface area contributed by atoms with Gasteiger partial charge in [-0.15, -0.1) is 0 Å². The molecule has 0 bridgehead atoms. The molecule has 0 aliphatic carbocycles. The lowest BCUT2D eigenvalue weighted by Gasteiger charge is -2.08. The van der Waals surface area contributed by atoms with Crippen LogP contribution in [-0.2, 0) is 6.54 Å². The number of hydrogen-bond donors (Lipinski definition) is 1. The fourth-order valence-electron chi connectivity index (χ4n) is 1.69. The highest BCUT2D eigenvalue weighted by Gasteiger charge is 2.14. The highest BCUT2D eigenvalue weighted by molar-refractivity contribution is 6.31. The van der Waals surface area contributed by atoms with Gasteiger partial charge in [0.25, 0.3) is 0 Å². The molecule has 0 saturated carbocycles. The van der Waals surface area contributed by atoms with Crippen LogP contribution < -0.4 is 5.73 Å². The van der Waals surface area contributed by atoms with Crippen molar-refractivity contribution in [1.29, 1.82) is 0 Å². The maximum Gasteiger partial charge on any atom is 0.136 e. The molecule has 0 amide bonds. The molecule has 0 atom stereocenters. The Hall–Kier alpha value is -1.52. The Bertz CT molecular complexity index is 576. The number of halogens is 4. The predicted octanol–water partition coefficient (Wildman–Crippen LogP) is 3.88. The van der Waals surface area contributed by atoms with Crippen LogP contribution in [0.25, 0.3) is 11.1 Å². The van der Waals surface area contributed by atoms with Crippen molar-refractivity contribution in [2.75, 3.05) is 0 Å². The molecule has 0 saturated heterocycles. The van der Waals surface area contributed by atoms with E-state index in [0.29, 0.717) is 22.7 Å². The van der Waals surface area contributed by atoms with Gasteiger partial charge in [-0.05, 0) is 17.2 Å². The Labute approximate surface area is 107 Å². The van der Waals surface area contributed by atoms with Crippen molar-refractivity contribution < 1.29 is 13.2 Å². The molecular weight excluding hydrogens is 263 g/mol. The van der Waals surface area contributed by atoms with E-state index < -0.39 is 17.5 Å². The van der Waals surface area contributed by atoms with E-state index in [9.17, 15) is 13.2 Å². The van der Waals surface area contributed by atoms with E-state index in [-0.39, 0.29) is 17.7 Å². The van der Waals surface area contributed by atoms with Gasteiger partial charge in [0.1, 0.15) is 17.5 Å². The molecule has 94 valence electrons. The number of nitrogens with two attached hydrogens (primary N) is 1. The average molecular weight is 272 g/mol. The first-order chi connectivity index (χ1) is 8.52. The highest BCUT2D eigenvalue weighted by atomic mass is 35.5. The van der Waals surface area contributed by atoms with Crippen LogP contribution in [0, 0.1) is 17.5 Å². The molecule has 0 aromatic heterocycles. The van der Waals surface area contributed by atoms with Gasteiger partial charge in [-0.2, -0.15) is 0 Å². The second kappa shape index (κ2) is 5.00. The largest absolute Gasteiger partial charge is 0.326 e. The maximum atomic E-state index is 13.6. The van der Waals surface area contributed by atoms with Crippen molar-refractivity contribution in [3.63, 3.8) is 0 Å². The minimum absolute atomic E-state index is 0.230. The van der Waals surface area contributed by atoms with E-state index in [2.05, 4.69) is 0 Å². The first kappa shape index (κ1) is 12.9. The Morgan fingerprint density at radius 3 is 2.11 bits per heavy atom. The summed E-state index contributed by atoms with van der Waals surface area (Å²) in [6.45, 7) is 0.230. The molecular formula is C13H9ClF3N. The topological polar surface area (TPSA) is 26.0 Å². The Balaban J connectivity index is 2.59. The van der Waals surface area contributed by atoms with Gasteiger partial charge in [0, 0.05) is 23.7 Å². The van der Waals surface area contributed by atoms with Crippen LogP contribution in [0.1, 0.15) is 5.56 Å². The normalized spacial score (nSPS) is 10.7. The molecule has 2 N–H and O–H groups in total. The number of hydrogen-bond acceptors (Lipinski definition) is 1. The molecule has 0 aliphatic heterocycles. The predicted molar refractivity (Wildman–Crippen MR) is 64.7 cm³/mol. The Morgan fingerprint density at radius 1 is 1.00 bits per heavy atom. The summed E-state index contributed by atoms with van der Waals surface area (Å²) in [6, 6.07) is 5.74. The summed E-state index contributed by atoms with van der Waals surface area (Å²) >= 11 is 5.92. The fourth-order valence-corrected chi connectivity index (χ4v) is 1.94. The van der Waals surface area contributed by atoms with E-state index in [0.717, 1.165) is 0 Å². The highest BCUT2D eigenvalue weighted by Crippen LogP contribution is 2.30. The van der Waals surface area contributed by atoms with Crippen LogP contribution in [-0.4, -0.2) is 0 Å². The molecule has 0 fully saturated rings. The molecule has 0 unspecified atom stereocenters. The molecule has 2 aromatic rings.